The zero-order chi connectivity index (χ0) is 13.5. The van der Waals surface area contributed by atoms with E-state index in [-0.39, 0.29) is 11.9 Å². The molecule has 0 aromatic carbocycles. The van der Waals surface area contributed by atoms with Gasteiger partial charge in [0.1, 0.15) is 0 Å². The fourth-order valence-corrected chi connectivity index (χ4v) is 2.88. The molecule has 19 heavy (non-hydrogen) atoms. The average Bonchev–Trinajstić information content (AvgIpc) is 2.42. The van der Waals surface area contributed by atoms with Gasteiger partial charge in [-0.15, -0.1) is 0 Å². The van der Waals surface area contributed by atoms with Crippen LogP contribution in [0.4, 0.5) is 0 Å². The summed E-state index contributed by atoms with van der Waals surface area (Å²) < 4.78 is 5.35. The van der Waals surface area contributed by atoms with Gasteiger partial charge >= 0.3 is 0 Å². The van der Waals surface area contributed by atoms with Crippen LogP contribution in [0.1, 0.15) is 32.6 Å². The predicted molar refractivity (Wildman–Crippen MR) is 75.1 cm³/mol. The van der Waals surface area contributed by atoms with Crippen molar-refractivity contribution >= 4 is 5.91 Å². The molecule has 110 valence electrons. The molecule has 2 fully saturated rings. The molecule has 0 aliphatic carbocycles. The first-order chi connectivity index (χ1) is 9.25. The molecule has 2 atom stereocenters. The van der Waals surface area contributed by atoms with Crippen molar-refractivity contribution in [2.45, 2.75) is 44.7 Å². The Morgan fingerprint density at radius 3 is 3.11 bits per heavy atom. The van der Waals surface area contributed by atoms with Crippen molar-refractivity contribution in [3.05, 3.63) is 0 Å². The maximum absolute atomic E-state index is 11.8. The lowest BCUT2D eigenvalue weighted by molar-refractivity contribution is -0.122. The Labute approximate surface area is 116 Å². The van der Waals surface area contributed by atoms with Crippen LogP contribution in [0, 0.1) is 0 Å². The van der Waals surface area contributed by atoms with Crippen LogP contribution in [0.3, 0.4) is 0 Å². The summed E-state index contributed by atoms with van der Waals surface area (Å²) in [6.07, 6.45) is 4.45. The van der Waals surface area contributed by atoms with E-state index in [1.54, 1.807) is 0 Å². The first-order valence-corrected chi connectivity index (χ1v) is 7.57. The maximum atomic E-state index is 11.8. The Bertz CT molecular complexity index is 280. The van der Waals surface area contributed by atoms with E-state index in [0.29, 0.717) is 19.1 Å². The Kier molecular flexibility index (Phi) is 6.07. The van der Waals surface area contributed by atoms with Gasteiger partial charge in [-0.05, 0) is 26.3 Å². The fourth-order valence-electron chi connectivity index (χ4n) is 2.88. The molecule has 2 aliphatic rings. The molecule has 2 heterocycles. The molecule has 0 spiro atoms. The van der Waals surface area contributed by atoms with E-state index in [1.165, 1.54) is 25.8 Å². The minimum Gasteiger partial charge on any atom is -0.378 e. The van der Waals surface area contributed by atoms with Gasteiger partial charge in [0.2, 0.25) is 5.91 Å². The van der Waals surface area contributed by atoms with Crippen LogP contribution < -0.4 is 10.6 Å². The molecule has 0 saturated carbocycles. The second-order valence-electron chi connectivity index (χ2n) is 5.66. The number of morpholine rings is 1. The Balaban J connectivity index is 1.58. The van der Waals surface area contributed by atoms with Crippen molar-refractivity contribution in [2.24, 2.45) is 0 Å². The summed E-state index contributed by atoms with van der Waals surface area (Å²) in [5, 5.41) is 6.32. The third kappa shape index (κ3) is 5.09. The Morgan fingerprint density at radius 2 is 2.37 bits per heavy atom. The number of piperidine rings is 1. The van der Waals surface area contributed by atoms with Gasteiger partial charge in [-0.25, -0.2) is 0 Å². The maximum Gasteiger partial charge on any atom is 0.221 e. The van der Waals surface area contributed by atoms with Crippen LogP contribution in [0.25, 0.3) is 0 Å². The largest absolute Gasteiger partial charge is 0.378 e. The van der Waals surface area contributed by atoms with Gasteiger partial charge < -0.3 is 15.4 Å². The average molecular weight is 269 g/mol. The van der Waals surface area contributed by atoms with Gasteiger partial charge in [-0.1, -0.05) is 6.42 Å². The fraction of sp³-hybridized carbons (Fsp3) is 0.929. The highest BCUT2D eigenvalue weighted by Crippen LogP contribution is 2.15. The summed E-state index contributed by atoms with van der Waals surface area (Å²) in [7, 11) is 0. The minimum atomic E-state index is 0.132. The van der Waals surface area contributed by atoms with Gasteiger partial charge in [-0.2, -0.15) is 0 Å². The third-order valence-electron chi connectivity index (χ3n) is 4.09. The first-order valence-electron chi connectivity index (χ1n) is 7.57. The summed E-state index contributed by atoms with van der Waals surface area (Å²) in [5.41, 5.74) is 0. The van der Waals surface area contributed by atoms with Gasteiger partial charge in [0, 0.05) is 38.1 Å². The molecule has 2 N–H and O–H groups in total. The molecular formula is C14H27N3O2. The number of hydrogen-bond donors (Lipinski definition) is 2. The normalized spacial score (nSPS) is 29.1. The number of carbonyl (C=O) groups is 1. The van der Waals surface area contributed by atoms with Gasteiger partial charge in [0.25, 0.3) is 0 Å². The van der Waals surface area contributed by atoms with E-state index in [1.807, 2.05) is 0 Å². The first kappa shape index (κ1) is 14.8. The lowest BCUT2D eigenvalue weighted by Crippen LogP contribution is -2.46. The van der Waals surface area contributed by atoms with E-state index in [2.05, 4.69) is 22.5 Å². The van der Waals surface area contributed by atoms with Crippen molar-refractivity contribution in [1.82, 2.24) is 15.5 Å². The summed E-state index contributed by atoms with van der Waals surface area (Å²) in [6.45, 7) is 7.45. The zero-order valence-electron chi connectivity index (χ0n) is 12.0. The molecule has 0 aromatic heterocycles. The van der Waals surface area contributed by atoms with Crippen molar-refractivity contribution in [2.75, 3.05) is 39.4 Å². The lowest BCUT2D eigenvalue weighted by atomic mass is 10.0. The van der Waals surface area contributed by atoms with Crippen LogP contribution in [-0.2, 0) is 9.53 Å². The van der Waals surface area contributed by atoms with Gasteiger partial charge in [0.05, 0.1) is 13.2 Å². The standard InChI is InChI=1S/C14H27N3O2/c1-12-4-2-3-7-17(12)8-5-16-14(18)10-13-11-19-9-6-15-13/h12-13,15H,2-11H2,1H3,(H,16,18). The summed E-state index contributed by atoms with van der Waals surface area (Å²) >= 11 is 0. The lowest BCUT2D eigenvalue weighted by Gasteiger charge is -2.33. The van der Waals surface area contributed by atoms with Crippen LogP contribution in [0.5, 0.6) is 0 Å². The SMILES string of the molecule is CC1CCCCN1CCNC(=O)CC1COCCN1. The highest BCUT2D eigenvalue weighted by molar-refractivity contribution is 5.76. The number of amides is 1. The van der Waals surface area contributed by atoms with E-state index in [0.717, 1.165) is 26.2 Å². The Hall–Kier alpha value is -0.650. The molecule has 2 saturated heterocycles. The molecule has 2 rings (SSSR count). The second kappa shape index (κ2) is 7.82. The van der Waals surface area contributed by atoms with Gasteiger partial charge in [0.15, 0.2) is 0 Å². The van der Waals surface area contributed by atoms with Crippen molar-refractivity contribution in [3.63, 3.8) is 0 Å². The summed E-state index contributed by atoms with van der Waals surface area (Å²) in [4.78, 5) is 14.3. The molecule has 5 nitrogen and oxygen atoms in total. The Morgan fingerprint density at radius 1 is 1.47 bits per heavy atom. The molecular weight excluding hydrogens is 242 g/mol. The quantitative estimate of drug-likeness (QED) is 0.756. The number of likely N-dealkylation sites (tertiary alicyclic amines) is 1. The summed E-state index contributed by atoms with van der Waals surface area (Å²) in [5.74, 6) is 0.132. The van der Waals surface area contributed by atoms with Crippen LogP contribution in [0.2, 0.25) is 0 Å². The van der Waals surface area contributed by atoms with Crippen molar-refractivity contribution < 1.29 is 9.53 Å². The topological polar surface area (TPSA) is 53.6 Å². The van der Waals surface area contributed by atoms with E-state index in [4.69, 9.17) is 4.74 Å². The second-order valence-corrected chi connectivity index (χ2v) is 5.66. The van der Waals surface area contributed by atoms with E-state index in [9.17, 15) is 4.79 Å². The zero-order valence-corrected chi connectivity index (χ0v) is 12.0. The molecule has 0 radical (unpaired) electrons. The monoisotopic (exact) mass is 269 g/mol. The van der Waals surface area contributed by atoms with Crippen molar-refractivity contribution in [3.8, 4) is 0 Å². The van der Waals surface area contributed by atoms with E-state index >= 15 is 0 Å². The summed E-state index contributed by atoms with van der Waals surface area (Å²) in [6, 6.07) is 0.849. The van der Waals surface area contributed by atoms with Crippen LogP contribution in [-0.4, -0.2) is 62.3 Å². The number of ether oxygens (including phenoxy) is 1. The van der Waals surface area contributed by atoms with Crippen LogP contribution in [0.15, 0.2) is 0 Å². The van der Waals surface area contributed by atoms with Crippen molar-refractivity contribution in [1.29, 1.82) is 0 Å². The number of rotatable bonds is 5. The minimum absolute atomic E-state index is 0.132. The highest BCUT2D eigenvalue weighted by atomic mass is 16.5. The number of hydrogen-bond acceptors (Lipinski definition) is 4. The smallest absolute Gasteiger partial charge is 0.221 e. The van der Waals surface area contributed by atoms with Crippen LogP contribution >= 0.6 is 0 Å². The third-order valence-corrected chi connectivity index (χ3v) is 4.09. The molecule has 2 aliphatic heterocycles. The molecule has 2 unspecified atom stereocenters. The molecule has 0 bridgehead atoms. The molecule has 0 aromatic rings. The molecule has 5 heteroatoms. The van der Waals surface area contributed by atoms with E-state index < -0.39 is 0 Å². The number of nitrogens with zero attached hydrogens (tertiary/aromatic N) is 1. The number of nitrogens with one attached hydrogen (secondary N) is 2. The van der Waals surface area contributed by atoms with Gasteiger partial charge in [-0.3, -0.25) is 9.69 Å². The predicted octanol–water partition coefficient (Wildman–Crippen LogP) is 0.356. The number of carbonyl (C=O) groups excluding carboxylic acids is 1. The highest BCUT2D eigenvalue weighted by Gasteiger charge is 2.19. The molecule has 1 amide bonds.